The number of halogens is 1. The van der Waals surface area contributed by atoms with Gasteiger partial charge in [0, 0.05) is 12.6 Å². The van der Waals surface area contributed by atoms with Crippen molar-refractivity contribution >= 4 is 23.0 Å². The molecule has 0 aliphatic carbocycles. The third-order valence-electron chi connectivity index (χ3n) is 2.57. The highest BCUT2D eigenvalue weighted by Gasteiger charge is 2.21. The summed E-state index contributed by atoms with van der Waals surface area (Å²) in [6.07, 6.45) is 0. The van der Waals surface area contributed by atoms with Gasteiger partial charge in [-0.1, -0.05) is 31.5 Å². The van der Waals surface area contributed by atoms with E-state index in [1.807, 2.05) is 13.8 Å². The molecule has 1 aromatic carbocycles. The maximum absolute atomic E-state index is 10.9. The van der Waals surface area contributed by atoms with Gasteiger partial charge in [0.2, 0.25) is 0 Å². The zero-order valence-corrected chi connectivity index (χ0v) is 10.6. The summed E-state index contributed by atoms with van der Waals surface area (Å²) < 4.78 is 0. The van der Waals surface area contributed by atoms with Crippen LogP contribution in [0, 0.1) is 16.0 Å². The first-order chi connectivity index (χ1) is 7.97. The van der Waals surface area contributed by atoms with Gasteiger partial charge in [-0.25, -0.2) is 0 Å². The molecular formula is C11H16ClN3O2. The van der Waals surface area contributed by atoms with E-state index in [1.54, 1.807) is 12.1 Å². The molecule has 0 saturated heterocycles. The van der Waals surface area contributed by atoms with Gasteiger partial charge in [0.15, 0.2) is 0 Å². The van der Waals surface area contributed by atoms with E-state index in [-0.39, 0.29) is 22.7 Å². The van der Waals surface area contributed by atoms with Crippen molar-refractivity contribution in [2.45, 2.75) is 19.9 Å². The van der Waals surface area contributed by atoms with Gasteiger partial charge < -0.3 is 11.1 Å². The molecule has 6 heteroatoms. The molecule has 0 radical (unpaired) electrons. The largest absolute Gasteiger partial charge is 0.375 e. The molecular weight excluding hydrogens is 242 g/mol. The molecule has 0 bridgehead atoms. The highest BCUT2D eigenvalue weighted by molar-refractivity contribution is 6.33. The highest BCUT2D eigenvalue weighted by atomic mass is 35.5. The molecule has 0 saturated carbocycles. The van der Waals surface area contributed by atoms with Crippen molar-refractivity contribution in [3.63, 3.8) is 0 Å². The average Bonchev–Trinajstić information content (AvgIpc) is 2.24. The minimum absolute atomic E-state index is 0.0211. The van der Waals surface area contributed by atoms with Gasteiger partial charge in [0.05, 0.1) is 4.92 Å². The fourth-order valence-electron chi connectivity index (χ4n) is 1.51. The highest BCUT2D eigenvalue weighted by Crippen LogP contribution is 2.33. The minimum atomic E-state index is -0.488. The van der Waals surface area contributed by atoms with Crippen LogP contribution in [0.4, 0.5) is 11.4 Å². The van der Waals surface area contributed by atoms with Crippen molar-refractivity contribution in [3.05, 3.63) is 33.3 Å². The monoisotopic (exact) mass is 257 g/mol. The van der Waals surface area contributed by atoms with Crippen molar-refractivity contribution in [2.75, 3.05) is 11.9 Å². The summed E-state index contributed by atoms with van der Waals surface area (Å²) in [6, 6.07) is 4.78. The second-order valence-corrected chi connectivity index (χ2v) is 4.53. The van der Waals surface area contributed by atoms with Crippen LogP contribution in [0.25, 0.3) is 0 Å². The lowest BCUT2D eigenvalue weighted by atomic mass is 10.0. The Morgan fingerprint density at radius 1 is 1.53 bits per heavy atom. The number of nitrogens with two attached hydrogens (primary N) is 1. The van der Waals surface area contributed by atoms with Crippen LogP contribution in [0.15, 0.2) is 18.2 Å². The van der Waals surface area contributed by atoms with E-state index in [0.717, 1.165) is 0 Å². The topological polar surface area (TPSA) is 81.2 Å². The van der Waals surface area contributed by atoms with Crippen LogP contribution in [0.3, 0.4) is 0 Å². The van der Waals surface area contributed by atoms with Crippen LogP contribution >= 0.6 is 11.6 Å². The van der Waals surface area contributed by atoms with Crippen LogP contribution in [-0.4, -0.2) is 17.5 Å². The molecule has 5 nitrogen and oxygen atoms in total. The van der Waals surface area contributed by atoms with Crippen molar-refractivity contribution < 1.29 is 4.92 Å². The molecule has 0 aliphatic heterocycles. The number of benzene rings is 1. The first-order valence-electron chi connectivity index (χ1n) is 5.36. The summed E-state index contributed by atoms with van der Waals surface area (Å²) in [6.45, 7) is 4.41. The third kappa shape index (κ3) is 3.31. The number of hydrogen-bond acceptors (Lipinski definition) is 4. The Kier molecular flexibility index (Phi) is 4.72. The van der Waals surface area contributed by atoms with Gasteiger partial charge in [0.1, 0.15) is 10.7 Å². The number of nitro benzene ring substituents is 1. The van der Waals surface area contributed by atoms with Gasteiger partial charge in [-0.3, -0.25) is 10.1 Å². The van der Waals surface area contributed by atoms with Crippen LogP contribution in [0.1, 0.15) is 13.8 Å². The second kappa shape index (κ2) is 5.84. The molecule has 0 aliphatic rings. The lowest BCUT2D eigenvalue weighted by molar-refractivity contribution is -0.383. The fourth-order valence-corrected chi connectivity index (χ4v) is 1.76. The Morgan fingerprint density at radius 3 is 2.65 bits per heavy atom. The zero-order chi connectivity index (χ0) is 13.0. The number of rotatable bonds is 5. The van der Waals surface area contributed by atoms with Crippen molar-refractivity contribution in [1.82, 2.24) is 0 Å². The van der Waals surface area contributed by atoms with E-state index in [2.05, 4.69) is 5.32 Å². The molecule has 0 heterocycles. The molecule has 1 rings (SSSR count). The predicted octanol–water partition coefficient (Wildman–Crippen LogP) is 2.64. The average molecular weight is 258 g/mol. The Balaban J connectivity index is 3.05. The molecule has 0 spiro atoms. The van der Waals surface area contributed by atoms with E-state index in [0.29, 0.717) is 12.2 Å². The van der Waals surface area contributed by atoms with Gasteiger partial charge in [0.25, 0.3) is 0 Å². The maximum atomic E-state index is 10.9. The van der Waals surface area contributed by atoms with Crippen LogP contribution < -0.4 is 11.1 Å². The summed E-state index contributed by atoms with van der Waals surface area (Å²) in [5.74, 6) is 0.276. The molecule has 1 aromatic rings. The van der Waals surface area contributed by atoms with Crippen molar-refractivity contribution in [3.8, 4) is 0 Å². The van der Waals surface area contributed by atoms with Gasteiger partial charge in [-0.15, -0.1) is 0 Å². The first-order valence-corrected chi connectivity index (χ1v) is 5.74. The van der Waals surface area contributed by atoms with Crippen LogP contribution in [0.5, 0.6) is 0 Å². The summed E-state index contributed by atoms with van der Waals surface area (Å²) in [4.78, 5) is 10.4. The number of nitro groups is 1. The molecule has 0 fully saturated rings. The van der Waals surface area contributed by atoms with E-state index < -0.39 is 4.92 Å². The zero-order valence-electron chi connectivity index (χ0n) is 9.81. The van der Waals surface area contributed by atoms with Crippen LogP contribution in [-0.2, 0) is 0 Å². The number of nitrogens with zero attached hydrogens (tertiary/aromatic N) is 1. The number of anilines is 1. The second-order valence-electron chi connectivity index (χ2n) is 4.12. The van der Waals surface area contributed by atoms with E-state index in [4.69, 9.17) is 17.3 Å². The SMILES string of the molecule is CC(C)C(CN)Nc1cccc(Cl)c1[N+](=O)[O-]. The summed E-state index contributed by atoms with van der Waals surface area (Å²) >= 11 is 5.82. The van der Waals surface area contributed by atoms with E-state index in [9.17, 15) is 10.1 Å². The fraction of sp³-hybridized carbons (Fsp3) is 0.455. The quantitative estimate of drug-likeness (QED) is 0.628. The molecule has 94 valence electrons. The molecule has 1 unspecified atom stereocenters. The third-order valence-corrected chi connectivity index (χ3v) is 2.87. The van der Waals surface area contributed by atoms with Gasteiger partial charge in [-0.05, 0) is 18.1 Å². The van der Waals surface area contributed by atoms with E-state index in [1.165, 1.54) is 6.07 Å². The molecule has 1 atom stereocenters. The molecule has 3 N–H and O–H groups in total. The standard InChI is InChI=1S/C11H16ClN3O2/c1-7(2)10(6-13)14-9-5-3-4-8(12)11(9)15(16)17/h3-5,7,10,14H,6,13H2,1-2H3. The number of hydrogen-bond donors (Lipinski definition) is 2. The number of nitrogens with one attached hydrogen (secondary N) is 1. The van der Waals surface area contributed by atoms with Crippen LogP contribution in [0.2, 0.25) is 5.02 Å². The lowest BCUT2D eigenvalue weighted by Crippen LogP contribution is -2.33. The Hall–Kier alpha value is -1.33. The Labute approximate surface area is 105 Å². The normalized spacial score (nSPS) is 12.5. The maximum Gasteiger partial charge on any atom is 0.310 e. The predicted molar refractivity (Wildman–Crippen MR) is 69.4 cm³/mol. The number of para-hydroxylation sites is 1. The molecule has 0 aromatic heterocycles. The van der Waals surface area contributed by atoms with E-state index >= 15 is 0 Å². The lowest BCUT2D eigenvalue weighted by Gasteiger charge is -2.21. The molecule has 17 heavy (non-hydrogen) atoms. The Bertz CT molecular complexity index is 410. The first kappa shape index (κ1) is 13.7. The van der Waals surface area contributed by atoms with Gasteiger partial charge >= 0.3 is 5.69 Å². The summed E-state index contributed by atoms with van der Waals surface area (Å²) in [7, 11) is 0. The summed E-state index contributed by atoms with van der Waals surface area (Å²) in [5.41, 5.74) is 5.93. The summed E-state index contributed by atoms with van der Waals surface area (Å²) in [5, 5.41) is 14.1. The van der Waals surface area contributed by atoms with Crippen molar-refractivity contribution in [2.24, 2.45) is 11.7 Å². The smallest absolute Gasteiger partial charge is 0.310 e. The van der Waals surface area contributed by atoms with Gasteiger partial charge in [-0.2, -0.15) is 0 Å². The minimum Gasteiger partial charge on any atom is -0.375 e. The van der Waals surface area contributed by atoms with Crippen molar-refractivity contribution in [1.29, 1.82) is 0 Å². The molecule has 0 amide bonds. The Morgan fingerprint density at radius 2 is 2.18 bits per heavy atom.